The summed E-state index contributed by atoms with van der Waals surface area (Å²) in [7, 11) is 0. The third-order valence-corrected chi connectivity index (χ3v) is 5.33. The van der Waals surface area contributed by atoms with Gasteiger partial charge in [0.15, 0.2) is 0 Å². The van der Waals surface area contributed by atoms with E-state index in [-0.39, 0.29) is 11.4 Å². The Hall–Kier alpha value is -4.40. The number of hydrogen-bond donors (Lipinski definition) is 2. The molecule has 0 aliphatic heterocycles. The number of benzene rings is 3. The van der Waals surface area contributed by atoms with E-state index in [4.69, 9.17) is 13.9 Å². The lowest BCUT2D eigenvalue weighted by Gasteiger charge is -2.20. The minimum atomic E-state index is -0.848. The van der Waals surface area contributed by atoms with Crippen molar-refractivity contribution < 1.29 is 23.5 Å². The Morgan fingerprint density at radius 2 is 1.75 bits per heavy atom. The maximum absolute atomic E-state index is 12.7. The third kappa shape index (κ3) is 5.63. The van der Waals surface area contributed by atoms with Gasteiger partial charge in [-0.15, -0.1) is 0 Å². The Morgan fingerprint density at radius 1 is 1.03 bits per heavy atom. The number of hydrogen-bond acceptors (Lipinski definition) is 8. The summed E-state index contributed by atoms with van der Waals surface area (Å²) in [5, 5.41) is 7.61. The van der Waals surface area contributed by atoms with Gasteiger partial charge in [0.1, 0.15) is 17.4 Å². The second-order valence-electron chi connectivity index (χ2n) is 9.36. The second-order valence-corrected chi connectivity index (χ2v) is 9.36. The Morgan fingerprint density at radius 3 is 2.47 bits per heavy atom. The zero-order valence-electron chi connectivity index (χ0n) is 20.7. The lowest BCUT2D eigenvalue weighted by molar-refractivity contribution is -0.134. The first kappa shape index (κ1) is 24.7. The molecule has 36 heavy (non-hydrogen) atoms. The number of nitrogens with zero attached hydrogens (tertiary/aromatic N) is 1. The van der Waals surface area contributed by atoms with Gasteiger partial charge in [-0.1, -0.05) is 30.3 Å². The molecule has 0 spiro atoms. The van der Waals surface area contributed by atoms with Gasteiger partial charge in [-0.3, -0.25) is 5.32 Å². The van der Waals surface area contributed by atoms with E-state index in [2.05, 4.69) is 15.6 Å². The van der Waals surface area contributed by atoms with Crippen LogP contribution in [-0.2, 0) is 9.53 Å². The number of carbonyl (C=O) groups is 2. The van der Waals surface area contributed by atoms with E-state index in [0.29, 0.717) is 22.5 Å². The van der Waals surface area contributed by atoms with E-state index in [9.17, 15) is 14.4 Å². The quantitative estimate of drug-likeness (QED) is 0.282. The molecule has 0 saturated carbocycles. The van der Waals surface area contributed by atoms with Crippen LogP contribution in [0.3, 0.4) is 0 Å². The first-order valence-corrected chi connectivity index (χ1v) is 11.4. The number of carbonyl (C=O) groups excluding carboxylic acids is 2. The molecular formula is C27H27N3O6. The molecule has 4 aromatic rings. The summed E-state index contributed by atoms with van der Waals surface area (Å²) in [4.78, 5) is 41.8. The van der Waals surface area contributed by atoms with Gasteiger partial charge in [-0.25, -0.2) is 14.4 Å². The number of fused-ring (bicyclic) bond motifs is 2. The molecule has 9 nitrogen and oxygen atoms in total. The van der Waals surface area contributed by atoms with Crippen LogP contribution < -0.4 is 21.0 Å². The van der Waals surface area contributed by atoms with E-state index >= 15 is 0 Å². The highest BCUT2D eigenvalue weighted by molar-refractivity contribution is 5.93. The first-order valence-electron chi connectivity index (χ1n) is 11.4. The normalized spacial score (nSPS) is 12.2. The lowest BCUT2D eigenvalue weighted by atomic mass is 10.1. The van der Waals surface area contributed by atoms with Gasteiger partial charge in [0.25, 0.3) is 6.01 Å². The number of amides is 1. The van der Waals surface area contributed by atoms with Crippen LogP contribution in [0, 0.1) is 6.92 Å². The van der Waals surface area contributed by atoms with Gasteiger partial charge in [0, 0.05) is 5.69 Å². The van der Waals surface area contributed by atoms with Crippen LogP contribution in [0.5, 0.6) is 5.75 Å². The SMILES string of the molecule is Cc1c(NC(=O)OC(C)(C)C)ccc2nc(N[C@@H](C)C(=O)Oc3ccc4ccccc4c3)oc(=O)c12. The number of esters is 1. The Balaban J connectivity index is 1.49. The highest BCUT2D eigenvalue weighted by Crippen LogP contribution is 2.24. The van der Waals surface area contributed by atoms with Gasteiger partial charge in [-0.2, -0.15) is 4.98 Å². The fourth-order valence-electron chi connectivity index (χ4n) is 3.61. The second kappa shape index (κ2) is 9.69. The highest BCUT2D eigenvalue weighted by atomic mass is 16.6. The van der Waals surface area contributed by atoms with E-state index in [0.717, 1.165) is 10.8 Å². The maximum Gasteiger partial charge on any atom is 0.412 e. The van der Waals surface area contributed by atoms with Crippen molar-refractivity contribution in [2.24, 2.45) is 0 Å². The Bertz CT molecular complexity index is 1520. The van der Waals surface area contributed by atoms with Gasteiger partial charge in [0.2, 0.25) is 0 Å². The predicted octanol–water partition coefficient (Wildman–Crippen LogP) is 5.40. The van der Waals surface area contributed by atoms with Crippen molar-refractivity contribution in [2.75, 3.05) is 10.6 Å². The zero-order valence-corrected chi connectivity index (χ0v) is 20.7. The summed E-state index contributed by atoms with van der Waals surface area (Å²) in [6.07, 6.45) is -0.640. The Kier molecular flexibility index (Phi) is 6.65. The van der Waals surface area contributed by atoms with Crippen LogP contribution in [0.2, 0.25) is 0 Å². The molecule has 0 bridgehead atoms. The summed E-state index contributed by atoms with van der Waals surface area (Å²) in [5.41, 5.74) is -0.102. The first-order chi connectivity index (χ1) is 17.0. The molecule has 4 rings (SSSR count). The molecule has 1 heterocycles. The number of ether oxygens (including phenoxy) is 2. The van der Waals surface area contributed by atoms with E-state index < -0.39 is 29.3 Å². The smallest absolute Gasteiger partial charge is 0.412 e. The van der Waals surface area contributed by atoms with E-state index in [1.54, 1.807) is 58.9 Å². The summed E-state index contributed by atoms with van der Waals surface area (Å²) >= 11 is 0. The minimum Gasteiger partial charge on any atom is -0.444 e. The number of aryl methyl sites for hydroxylation is 1. The predicted molar refractivity (Wildman–Crippen MR) is 138 cm³/mol. The van der Waals surface area contributed by atoms with Crippen LogP contribution in [0.4, 0.5) is 16.5 Å². The maximum atomic E-state index is 12.7. The molecule has 0 fully saturated rings. The molecule has 2 N–H and O–H groups in total. The van der Waals surface area contributed by atoms with Gasteiger partial charge in [0.05, 0.1) is 10.9 Å². The lowest BCUT2D eigenvalue weighted by Crippen LogP contribution is -2.31. The van der Waals surface area contributed by atoms with Crippen LogP contribution in [0.25, 0.3) is 21.7 Å². The average molecular weight is 490 g/mol. The van der Waals surface area contributed by atoms with Crippen molar-refractivity contribution in [1.82, 2.24) is 4.98 Å². The molecular weight excluding hydrogens is 462 g/mol. The molecule has 0 aliphatic carbocycles. The third-order valence-electron chi connectivity index (χ3n) is 5.33. The standard InChI is InChI=1S/C27H27N3O6/c1-15-20(30-26(33)36-27(3,4)5)12-13-21-22(15)24(32)35-25(29-21)28-16(2)23(31)34-19-11-10-17-8-6-7-9-18(17)14-19/h6-14,16H,1-5H3,(H,28,29)(H,30,33)/t16-/m0/s1. The fourth-order valence-corrected chi connectivity index (χ4v) is 3.61. The molecule has 1 aromatic heterocycles. The largest absolute Gasteiger partial charge is 0.444 e. The molecule has 0 radical (unpaired) electrons. The van der Waals surface area contributed by atoms with Crippen molar-refractivity contribution in [3.05, 3.63) is 70.6 Å². The number of aromatic nitrogens is 1. The van der Waals surface area contributed by atoms with Gasteiger partial charge < -0.3 is 19.2 Å². The molecule has 3 aromatic carbocycles. The van der Waals surface area contributed by atoms with Crippen molar-refractivity contribution in [3.63, 3.8) is 0 Å². The Labute approximate surface area is 207 Å². The zero-order chi connectivity index (χ0) is 26.0. The summed E-state index contributed by atoms with van der Waals surface area (Å²) in [6, 6.07) is 15.3. The van der Waals surface area contributed by atoms with Crippen molar-refractivity contribution in [3.8, 4) is 5.75 Å². The molecule has 9 heteroatoms. The molecule has 0 unspecified atom stereocenters. The van der Waals surface area contributed by atoms with Crippen LogP contribution >= 0.6 is 0 Å². The minimum absolute atomic E-state index is 0.122. The topological polar surface area (TPSA) is 120 Å². The molecule has 0 saturated heterocycles. The average Bonchev–Trinajstić information content (AvgIpc) is 2.79. The molecule has 1 atom stereocenters. The molecule has 186 valence electrons. The van der Waals surface area contributed by atoms with Crippen molar-refractivity contribution in [2.45, 2.75) is 46.3 Å². The fraction of sp³-hybridized carbons (Fsp3) is 0.259. The number of rotatable bonds is 5. The number of nitrogens with one attached hydrogen (secondary N) is 2. The van der Waals surface area contributed by atoms with E-state index in [1.165, 1.54) is 0 Å². The van der Waals surface area contributed by atoms with Crippen molar-refractivity contribution >= 4 is 45.4 Å². The van der Waals surface area contributed by atoms with Gasteiger partial charge >= 0.3 is 17.7 Å². The number of anilines is 2. The van der Waals surface area contributed by atoms with Crippen LogP contribution in [-0.4, -0.2) is 28.7 Å². The van der Waals surface area contributed by atoms with Crippen molar-refractivity contribution in [1.29, 1.82) is 0 Å². The summed E-state index contributed by atoms with van der Waals surface area (Å²) < 4.78 is 16.1. The summed E-state index contributed by atoms with van der Waals surface area (Å²) in [6.45, 7) is 8.52. The van der Waals surface area contributed by atoms with Crippen LogP contribution in [0.15, 0.2) is 63.8 Å². The van der Waals surface area contributed by atoms with Crippen LogP contribution in [0.1, 0.15) is 33.3 Å². The molecule has 1 amide bonds. The monoisotopic (exact) mass is 489 g/mol. The molecule has 0 aliphatic rings. The summed E-state index contributed by atoms with van der Waals surface area (Å²) in [5.74, 6) is -0.163. The van der Waals surface area contributed by atoms with Gasteiger partial charge in [-0.05, 0) is 75.2 Å². The highest BCUT2D eigenvalue weighted by Gasteiger charge is 2.21. The van der Waals surface area contributed by atoms with E-state index in [1.807, 2.05) is 30.3 Å².